The van der Waals surface area contributed by atoms with E-state index in [1.54, 1.807) is 0 Å². The summed E-state index contributed by atoms with van der Waals surface area (Å²) in [5.41, 5.74) is -0.104. The number of rotatable bonds is 5. The first-order chi connectivity index (χ1) is 9.88. The molecular weight excluding hydrogens is 347 g/mol. The zero-order valence-electron chi connectivity index (χ0n) is 11.6. The number of amides is 1. The molecular formula is C13H14BrFN2O4. The molecule has 2 rings (SSSR count). The van der Waals surface area contributed by atoms with Crippen molar-refractivity contribution in [2.75, 3.05) is 25.7 Å². The number of hydrogen-bond donors (Lipinski definition) is 0. The molecule has 0 N–H and O–H groups in total. The number of carbonyl (C=O) groups excluding carboxylic acids is 1. The van der Waals surface area contributed by atoms with Gasteiger partial charge in [0.05, 0.1) is 9.40 Å². The Morgan fingerprint density at radius 1 is 1.62 bits per heavy atom. The smallest absolute Gasteiger partial charge is 0.329 e. The van der Waals surface area contributed by atoms with Crippen LogP contribution in [0.2, 0.25) is 0 Å². The maximum atomic E-state index is 14.3. The minimum absolute atomic E-state index is 0.0512. The van der Waals surface area contributed by atoms with Crippen molar-refractivity contribution < 1.29 is 18.8 Å². The number of hydrogen-bond acceptors (Lipinski definition) is 4. The molecule has 0 aromatic heterocycles. The van der Waals surface area contributed by atoms with Gasteiger partial charge in [0.2, 0.25) is 5.82 Å². The predicted octanol–water partition coefficient (Wildman–Crippen LogP) is 2.98. The molecule has 1 aromatic rings. The molecule has 21 heavy (non-hydrogen) atoms. The molecule has 1 fully saturated rings. The Morgan fingerprint density at radius 3 is 2.71 bits per heavy atom. The van der Waals surface area contributed by atoms with Gasteiger partial charge in [0.25, 0.3) is 5.91 Å². The number of halogens is 2. The summed E-state index contributed by atoms with van der Waals surface area (Å²) >= 11 is 3.08. The lowest BCUT2D eigenvalue weighted by Gasteiger charge is -2.19. The van der Waals surface area contributed by atoms with E-state index in [1.807, 2.05) is 0 Å². The molecule has 6 nitrogen and oxygen atoms in total. The van der Waals surface area contributed by atoms with Crippen molar-refractivity contribution in [3.63, 3.8) is 0 Å². The van der Waals surface area contributed by atoms with Crippen LogP contribution < -0.4 is 4.90 Å². The van der Waals surface area contributed by atoms with Gasteiger partial charge >= 0.3 is 5.69 Å². The first-order valence-electron chi connectivity index (χ1n) is 6.30. The fourth-order valence-electron chi connectivity index (χ4n) is 2.10. The molecule has 114 valence electrons. The van der Waals surface area contributed by atoms with Crippen molar-refractivity contribution in [3.05, 3.63) is 32.0 Å². The third-order valence-corrected chi connectivity index (χ3v) is 4.20. The minimum atomic E-state index is -0.948. The van der Waals surface area contributed by atoms with E-state index in [1.165, 1.54) is 20.2 Å². The van der Waals surface area contributed by atoms with Gasteiger partial charge in [0, 0.05) is 14.2 Å². The second kappa shape index (κ2) is 6.07. The Kier molecular flexibility index (Phi) is 4.58. The lowest BCUT2D eigenvalue weighted by atomic mass is 10.1. The zero-order valence-corrected chi connectivity index (χ0v) is 13.1. The number of methoxy groups -OCH3 is 1. The van der Waals surface area contributed by atoms with Crippen LogP contribution in [0.5, 0.6) is 0 Å². The van der Waals surface area contributed by atoms with Crippen LogP contribution in [0.25, 0.3) is 0 Å². The average Bonchev–Trinajstić information content (AvgIpc) is 3.24. The molecule has 0 saturated heterocycles. The number of anilines is 1. The van der Waals surface area contributed by atoms with E-state index in [9.17, 15) is 19.3 Å². The van der Waals surface area contributed by atoms with Crippen molar-refractivity contribution >= 4 is 33.2 Å². The first-order valence-corrected chi connectivity index (χ1v) is 7.09. The van der Waals surface area contributed by atoms with Gasteiger partial charge in [-0.3, -0.25) is 14.9 Å². The molecule has 0 aliphatic heterocycles. The van der Waals surface area contributed by atoms with Crippen LogP contribution in [-0.4, -0.2) is 31.6 Å². The standard InChI is InChI=1S/C13H14BrFN2O4/c1-16(10(18)6-21-2)9-5-8(7-3-4-7)11(14)12(15)13(9)17(19)20/h5,7H,3-4,6H2,1-2H3. The highest BCUT2D eigenvalue weighted by Gasteiger charge is 2.34. The van der Waals surface area contributed by atoms with Gasteiger partial charge in [-0.1, -0.05) is 0 Å². The summed E-state index contributed by atoms with van der Waals surface area (Å²) in [6.07, 6.45) is 1.82. The molecule has 1 amide bonds. The molecule has 1 aromatic carbocycles. The van der Waals surface area contributed by atoms with E-state index in [4.69, 9.17) is 4.74 Å². The average molecular weight is 361 g/mol. The maximum absolute atomic E-state index is 14.3. The maximum Gasteiger partial charge on any atom is 0.329 e. The number of likely N-dealkylation sites (N-methyl/N-ethyl adjacent to an activating group) is 1. The molecule has 0 spiro atoms. The molecule has 1 aliphatic rings. The molecule has 0 atom stereocenters. The van der Waals surface area contributed by atoms with E-state index >= 15 is 0 Å². The van der Waals surface area contributed by atoms with E-state index in [-0.39, 0.29) is 22.7 Å². The van der Waals surface area contributed by atoms with Crippen molar-refractivity contribution in [1.82, 2.24) is 0 Å². The predicted molar refractivity (Wildman–Crippen MR) is 78.0 cm³/mol. The van der Waals surface area contributed by atoms with Gasteiger partial charge in [0.15, 0.2) is 0 Å². The normalized spacial score (nSPS) is 14.1. The van der Waals surface area contributed by atoms with Gasteiger partial charge < -0.3 is 9.64 Å². The molecule has 1 saturated carbocycles. The SMILES string of the molecule is COCC(=O)N(C)c1cc(C2CC2)c(Br)c(F)c1[N+](=O)[O-]. The summed E-state index contributed by atoms with van der Waals surface area (Å²) in [5.74, 6) is -1.25. The number of nitro benzene ring substituents is 1. The largest absolute Gasteiger partial charge is 0.375 e. The van der Waals surface area contributed by atoms with Crippen LogP contribution in [0.4, 0.5) is 15.8 Å². The van der Waals surface area contributed by atoms with Crippen LogP contribution in [-0.2, 0) is 9.53 Å². The highest BCUT2D eigenvalue weighted by atomic mass is 79.9. The summed E-state index contributed by atoms with van der Waals surface area (Å²) in [7, 11) is 2.71. The topological polar surface area (TPSA) is 72.7 Å². The molecule has 0 radical (unpaired) electrons. The third-order valence-electron chi connectivity index (χ3n) is 3.39. The van der Waals surface area contributed by atoms with Crippen molar-refractivity contribution in [2.45, 2.75) is 18.8 Å². The van der Waals surface area contributed by atoms with E-state index in [0.29, 0.717) is 5.56 Å². The van der Waals surface area contributed by atoms with E-state index in [0.717, 1.165) is 17.7 Å². The van der Waals surface area contributed by atoms with Crippen LogP contribution in [0.1, 0.15) is 24.3 Å². The lowest BCUT2D eigenvalue weighted by molar-refractivity contribution is -0.386. The van der Waals surface area contributed by atoms with Gasteiger partial charge in [-0.05, 0) is 46.3 Å². The summed E-state index contributed by atoms with van der Waals surface area (Å²) < 4.78 is 19.1. The summed E-state index contributed by atoms with van der Waals surface area (Å²) in [5, 5.41) is 11.2. The fraction of sp³-hybridized carbons (Fsp3) is 0.462. The van der Waals surface area contributed by atoms with Gasteiger partial charge in [0.1, 0.15) is 12.3 Å². The number of nitro groups is 1. The fourth-order valence-corrected chi connectivity index (χ4v) is 2.72. The van der Waals surface area contributed by atoms with Gasteiger partial charge in [-0.2, -0.15) is 4.39 Å². The van der Waals surface area contributed by atoms with Crippen LogP contribution in [0.15, 0.2) is 10.5 Å². The molecule has 0 unspecified atom stereocenters. The lowest BCUT2D eigenvalue weighted by Crippen LogP contribution is -2.30. The monoisotopic (exact) mass is 360 g/mol. The highest BCUT2D eigenvalue weighted by molar-refractivity contribution is 9.10. The minimum Gasteiger partial charge on any atom is -0.375 e. The number of nitrogens with zero attached hydrogens (tertiary/aromatic N) is 2. The highest BCUT2D eigenvalue weighted by Crippen LogP contribution is 2.48. The Bertz CT molecular complexity index is 604. The number of benzene rings is 1. The Morgan fingerprint density at radius 2 is 2.24 bits per heavy atom. The van der Waals surface area contributed by atoms with Crippen molar-refractivity contribution in [3.8, 4) is 0 Å². The zero-order chi connectivity index (χ0) is 15.7. The summed E-state index contributed by atoms with van der Waals surface area (Å²) in [6.45, 7) is -0.232. The Balaban J connectivity index is 2.56. The second-order valence-electron chi connectivity index (χ2n) is 4.88. The van der Waals surface area contributed by atoms with Crippen molar-refractivity contribution in [1.29, 1.82) is 0 Å². The molecule has 8 heteroatoms. The van der Waals surface area contributed by atoms with Crippen molar-refractivity contribution in [2.24, 2.45) is 0 Å². The summed E-state index contributed by atoms with van der Waals surface area (Å²) in [4.78, 5) is 23.2. The van der Waals surface area contributed by atoms with Crippen LogP contribution >= 0.6 is 15.9 Å². The van der Waals surface area contributed by atoms with E-state index in [2.05, 4.69) is 15.9 Å². The van der Waals surface area contributed by atoms with Crippen LogP contribution in [0.3, 0.4) is 0 Å². The van der Waals surface area contributed by atoms with Gasteiger partial charge in [-0.15, -0.1) is 0 Å². The van der Waals surface area contributed by atoms with E-state index < -0.39 is 22.3 Å². The molecule has 0 bridgehead atoms. The molecule has 0 heterocycles. The van der Waals surface area contributed by atoms with Gasteiger partial charge in [-0.25, -0.2) is 0 Å². The second-order valence-corrected chi connectivity index (χ2v) is 5.67. The Labute approximate surface area is 129 Å². The Hall–Kier alpha value is -1.54. The molecule has 1 aliphatic carbocycles. The quantitative estimate of drug-likeness (QED) is 0.597. The first kappa shape index (κ1) is 15.8. The summed E-state index contributed by atoms with van der Waals surface area (Å²) in [6, 6.07) is 1.51. The van der Waals surface area contributed by atoms with Crippen LogP contribution in [0, 0.1) is 15.9 Å². The number of carbonyl (C=O) groups is 1. The number of ether oxygens (including phenoxy) is 1. The third kappa shape index (κ3) is 3.06.